The first kappa shape index (κ1) is 10.1. The van der Waals surface area contributed by atoms with E-state index >= 15 is 0 Å². The number of hydrogen-bond donors (Lipinski definition) is 2. The number of rotatable bonds is 2. The third kappa shape index (κ3) is 2.52. The standard InChI is InChI=1S/C8H11IN4O/c1-5-2-7(13-12-5)14-8-10-3-6(9)4-11-8/h3-5,7,12-13H,2H2,1H3. The summed E-state index contributed by atoms with van der Waals surface area (Å²) in [6.07, 6.45) is 4.34. The molecule has 1 aromatic heterocycles. The van der Waals surface area contributed by atoms with Crippen molar-refractivity contribution in [3.05, 3.63) is 16.0 Å². The minimum absolute atomic E-state index is 0.0370. The summed E-state index contributed by atoms with van der Waals surface area (Å²) in [4.78, 5) is 8.12. The Balaban J connectivity index is 1.94. The lowest BCUT2D eigenvalue weighted by molar-refractivity contribution is 0.164. The average Bonchev–Trinajstić information content (AvgIpc) is 2.56. The third-order valence-electron chi connectivity index (χ3n) is 1.90. The predicted octanol–water partition coefficient (Wildman–Crippen LogP) is 0.672. The van der Waals surface area contributed by atoms with E-state index in [2.05, 4.69) is 50.3 Å². The zero-order valence-electron chi connectivity index (χ0n) is 7.70. The van der Waals surface area contributed by atoms with Crippen molar-refractivity contribution >= 4 is 22.6 Å². The van der Waals surface area contributed by atoms with Crippen molar-refractivity contribution in [2.45, 2.75) is 25.6 Å². The van der Waals surface area contributed by atoms with E-state index in [9.17, 15) is 0 Å². The Morgan fingerprint density at radius 2 is 2.14 bits per heavy atom. The number of nitrogens with one attached hydrogen (secondary N) is 2. The molecule has 0 bridgehead atoms. The molecule has 2 unspecified atom stereocenters. The molecule has 2 atom stereocenters. The van der Waals surface area contributed by atoms with Gasteiger partial charge in [0.1, 0.15) is 0 Å². The molecule has 5 nitrogen and oxygen atoms in total. The lowest BCUT2D eigenvalue weighted by Gasteiger charge is -2.10. The van der Waals surface area contributed by atoms with Crippen LogP contribution < -0.4 is 15.6 Å². The van der Waals surface area contributed by atoms with E-state index in [1.54, 1.807) is 12.4 Å². The molecule has 76 valence electrons. The predicted molar refractivity (Wildman–Crippen MR) is 59.5 cm³/mol. The first-order valence-corrected chi connectivity index (χ1v) is 5.47. The molecule has 1 aromatic rings. The normalized spacial score (nSPS) is 26.4. The van der Waals surface area contributed by atoms with Crippen LogP contribution in [0.15, 0.2) is 12.4 Å². The minimum Gasteiger partial charge on any atom is -0.443 e. The second kappa shape index (κ2) is 4.37. The highest BCUT2D eigenvalue weighted by atomic mass is 127. The van der Waals surface area contributed by atoms with Crippen LogP contribution in [0.2, 0.25) is 0 Å². The molecule has 2 rings (SSSR count). The lowest BCUT2D eigenvalue weighted by Crippen LogP contribution is -2.35. The Morgan fingerprint density at radius 1 is 1.43 bits per heavy atom. The summed E-state index contributed by atoms with van der Waals surface area (Å²) in [7, 11) is 0. The Labute approximate surface area is 95.8 Å². The second-order valence-electron chi connectivity index (χ2n) is 3.22. The van der Waals surface area contributed by atoms with Crippen LogP contribution in [0.25, 0.3) is 0 Å². The molecule has 0 spiro atoms. The zero-order valence-corrected chi connectivity index (χ0v) is 9.85. The van der Waals surface area contributed by atoms with Gasteiger partial charge in [0.2, 0.25) is 0 Å². The quantitative estimate of drug-likeness (QED) is 0.787. The van der Waals surface area contributed by atoms with Gasteiger partial charge in [0.15, 0.2) is 6.23 Å². The van der Waals surface area contributed by atoms with E-state index in [0.717, 1.165) is 9.99 Å². The van der Waals surface area contributed by atoms with Crippen LogP contribution in [-0.2, 0) is 0 Å². The molecule has 0 amide bonds. The van der Waals surface area contributed by atoms with Crippen LogP contribution in [0.5, 0.6) is 6.01 Å². The van der Waals surface area contributed by atoms with Crippen molar-refractivity contribution < 1.29 is 4.74 Å². The molecule has 2 heterocycles. The van der Waals surface area contributed by atoms with Gasteiger partial charge in [-0.3, -0.25) is 5.43 Å². The molecule has 1 fully saturated rings. The van der Waals surface area contributed by atoms with Gasteiger partial charge < -0.3 is 4.74 Å². The SMILES string of the molecule is CC1CC(Oc2ncc(I)cn2)NN1. The van der Waals surface area contributed by atoms with Crippen LogP contribution in [0, 0.1) is 3.57 Å². The fourth-order valence-corrected chi connectivity index (χ4v) is 1.52. The van der Waals surface area contributed by atoms with E-state index in [1.807, 2.05) is 0 Å². The van der Waals surface area contributed by atoms with Gasteiger partial charge in [-0.15, -0.1) is 0 Å². The van der Waals surface area contributed by atoms with Gasteiger partial charge >= 0.3 is 6.01 Å². The number of ether oxygens (including phenoxy) is 1. The summed E-state index contributed by atoms with van der Waals surface area (Å²) in [5.74, 6) is 0. The fraction of sp³-hybridized carbons (Fsp3) is 0.500. The van der Waals surface area contributed by atoms with Crippen molar-refractivity contribution in [1.82, 2.24) is 20.8 Å². The number of hydrogen-bond acceptors (Lipinski definition) is 5. The molecule has 0 aromatic carbocycles. The summed E-state index contributed by atoms with van der Waals surface area (Å²) < 4.78 is 6.50. The maximum absolute atomic E-state index is 5.50. The highest BCUT2D eigenvalue weighted by Crippen LogP contribution is 2.10. The average molecular weight is 306 g/mol. The Kier molecular flexibility index (Phi) is 3.14. The minimum atomic E-state index is -0.0370. The Bertz CT molecular complexity index is 305. The Morgan fingerprint density at radius 3 is 2.71 bits per heavy atom. The number of nitrogens with zero attached hydrogens (tertiary/aromatic N) is 2. The first-order chi connectivity index (χ1) is 6.74. The highest BCUT2D eigenvalue weighted by molar-refractivity contribution is 14.1. The molecular formula is C8H11IN4O. The molecule has 14 heavy (non-hydrogen) atoms. The smallest absolute Gasteiger partial charge is 0.317 e. The van der Waals surface area contributed by atoms with Gasteiger partial charge in [0.05, 0.1) is 0 Å². The van der Waals surface area contributed by atoms with E-state index in [0.29, 0.717) is 12.1 Å². The monoisotopic (exact) mass is 306 g/mol. The summed E-state index contributed by atoms with van der Waals surface area (Å²) in [6, 6.07) is 0.836. The van der Waals surface area contributed by atoms with Crippen LogP contribution in [-0.4, -0.2) is 22.2 Å². The first-order valence-electron chi connectivity index (χ1n) is 4.39. The lowest BCUT2D eigenvalue weighted by atomic mass is 10.2. The summed E-state index contributed by atoms with van der Waals surface area (Å²) in [5, 5.41) is 0. The molecule has 0 aliphatic carbocycles. The highest BCUT2D eigenvalue weighted by Gasteiger charge is 2.21. The second-order valence-corrected chi connectivity index (χ2v) is 4.46. The third-order valence-corrected chi connectivity index (χ3v) is 2.46. The van der Waals surface area contributed by atoms with Crippen molar-refractivity contribution in [3.8, 4) is 6.01 Å². The number of halogens is 1. The maximum atomic E-state index is 5.50. The summed E-state index contributed by atoms with van der Waals surface area (Å²) >= 11 is 2.16. The van der Waals surface area contributed by atoms with Gasteiger partial charge in [0.25, 0.3) is 0 Å². The van der Waals surface area contributed by atoms with Crippen LogP contribution in [0.4, 0.5) is 0 Å². The fourth-order valence-electron chi connectivity index (χ4n) is 1.24. The van der Waals surface area contributed by atoms with Gasteiger partial charge in [-0.05, 0) is 29.5 Å². The number of aromatic nitrogens is 2. The van der Waals surface area contributed by atoms with Crippen molar-refractivity contribution in [2.75, 3.05) is 0 Å². The van der Waals surface area contributed by atoms with Crippen molar-refractivity contribution in [1.29, 1.82) is 0 Å². The largest absolute Gasteiger partial charge is 0.443 e. The van der Waals surface area contributed by atoms with Gasteiger partial charge in [0, 0.05) is 28.4 Å². The van der Waals surface area contributed by atoms with E-state index in [4.69, 9.17) is 4.74 Å². The molecule has 0 saturated carbocycles. The Hall–Kier alpha value is -0.470. The van der Waals surface area contributed by atoms with Crippen LogP contribution in [0.3, 0.4) is 0 Å². The number of hydrazine groups is 1. The maximum Gasteiger partial charge on any atom is 0.317 e. The molecule has 1 aliphatic heterocycles. The van der Waals surface area contributed by atoms with Gasteiger partial charge in [-0.1, -0.05) is 0 Å². The molecule has 6 heteroatoms. The molecule has 1 saturated heterocycles. The van der Waals surface area contributed by atoms with Crippen LogP contribution in [0.1, 0.15) is 13.3 Å². The summed E-state index contributed by atoms with van der Waals surface area (Å²) in [5.41, 5.74) is 6.08. The summed E-state index contributed by atoms with van der Waals surface area (Å²) in [6.45, 7) is 2.09. The van der Waals surface area contributed by atoms with Gasteiger partial charge in [-0.2, -0.15) is 0 Å². The molecule has 2 N–H and O–H groups in total. The molecule has 1 aliphatic rings. The van der Waals surface area contributed by atoms with E-state index < -0.39 is 0 Å². The zero-order chi connectivity index (χ0) is 9.97. The van der Waals surface area contributed by atoms with Crippen LogP contribution >= 0.6 is 22.6 Å². The topological polar surface area (TPSA) is 59.1 Å². The van der Waals surface area contributed by atoms with E-state index in [1.165, 1.54) is 0 Å². The van der Waals surface area contributed by atoms with E-state index in [-0.39, 0.29) is 6.23 Å². The molecule has 0 radical (unpaired) electrons. The van der Waals surface area contributed by atoms with Crippen molar-refractivity contribution in [3.63, 3.8) is 0 Å². The van der Waals surface area contributed by atoms with Crippen molar-refractivity contribution in [2.24, 2.45) is 0 Å². The molecular weight excluding hydrogens is 295 g/mol. The van der Waals surface area contributed by atoms with Gasteiger partial charge in [-0.25, -0.2) is 15.4 Å².